The number of aromatic nitrogens is 5. The Balaban J connectivity index is 1.51. The number of hydrogen-bond acceptors (Lipinski definition) is 8. The fraction of sp³-hybridized carbons (Fsp3) is 0.278. The minimum Gasteiger partial charge on any atom is -0.497 e. The Bertz CT molecular complexity index is 923. The van der Waals surface area contributed by atoms with E-state index in [0.717, 1.165) is 5.56 Å². The van der Waals surface area contributed by atoms with Gasteiger partial charge in [-0.2, -0.15) is 0 Å². The van der Waals surface area contributed by atoms with E-state index in [4.69, 9.17) is 15.2 Å². The van der Waals surface area contributed by atoms with Crippen molar-refractivity contribution in [2.75, 3.05) is 19.5 Å². The van der Waals surface area contributed by atoms with Gasteiger partial charge >= 0.3 is 5.97 Å². The SMILES string of the molecule is COc1ccc(C(=O)OCCc2cn(Cc3cnc(C)nc3N)nn2)cc1. The molecular weight excluding hydrogens is 348 g/mol. The molecule has 0 aliphatic rings. The Morgan fingerprint density at radius 1 is 1.26 bits per heavy atom. The number of nitrogens with two attached hydrogens (primary N) is 1. The molecule has 3 rings (SSSR count). The van der Waals surface area contributed by atoms with Crippen LogP contribution in [0.25, 0.3) is 0 Å². The van der Waals surface area contributed by atoms with Crippen LogP contribution in [0.2, 0.25) is 0 Å². The van der Waals surface area contributed by atoms with Gasteiger partial charge in [0.2, 0.25) is 0 Å². The van der Waals surface area contributed by atoms with Crippen molar-refractivity contribution < 1.29 is 14.3 Å². The van der Waals surface area contributed by atoms with Crippen LogP contribution in [0.1, 0.15) is 27.4 Å². The number of benzene rings is 1. The summed E-state index contributed by atoms with van der Waals surface area (Å²) in [7, 11) is 1.57. The number of carbonyl (C=O) groups is 1. The molecule has 2 heterocycles. The molecule has 0 spiro atoms. The zero-order chi connectivity index (χ0) is 19.2. The monoisotopic (exact) mass is 368 g/mol. The first-order valence-corrected chi connectivity index (χ1v) is 8.33. The predicted octanol–water partition coefficient (Wildman–Crippen LogP) is 1.42. The number of rotatable bonds is 7. The van der Waals surface area contributed by atoms with Crippen LogP contribution in [0.15, 0.2) is 36.7 Å². The Morgan fingerprint density at radius 3 is 2.74 bits per heavy atom. The molecule has 0 bridgehead atoms. The van der Waals surface area contributed by atoms with Crippen LogP contribution in [0.5, 0.6) is 5.75 Å². The number of nitrogens with zero attached hydrogens (tertiary/aromatic N) is 5. The predicted molar refractivity (Wildman–Crippen MR) is 97.3 cm³/mol. The molecule has 9 heteroatoms. The van der Waals surface area contributed by atoms with Crippen LogP contribution in [-0.2, 0) is 17.7 Å². The molecule has 27 heavy (non-hydrogen) atoms. The Hall–Kier alpha value is -3.49. The van der Waals surface area contributed by atoms with E-state index in [0.29, 0.717) is 41.6 Å². The summed E-state index contributed by atoms with van der Waals surface area (Å²) in [6, 6.07) is 6.74. The van der Waals surface area contributed by atoms with Gasteiger partial charge in [0.25, 0.3) is 0 Å². The van der Waals surface area contributed by atoms with Crippen molar-refractivity contribution in [1.29, 1.82) is 0 Å². The van der Waals surface area contributed by atoms with Gasteiger partial charge in [0.1, 0.15) is 17.4 Å². The lowest BCUT2D eigenvalue weighted by molar-refractivity contribution is 0.0508. The molecule has 0 amide bonds. The topological polar surface area (TPSA) is 118 Å². The van der Waals surface area contributed by atoms with Crippen molar-refractivity contribution >= 4 is 11.8 Å². The molecule has 0 fully saturated rings. The van der Waals surface area contributed by atoms with E-state index in [1.54, 1.807) is 55.4 Å². The van der Waals surface area contributed by atoms with E-state index in [9.17, 15) is 4.79 Å². The summed E-state index contributed by atoms with van der Waals surface area (Å²) in [5.41, 5.74) is 7.83. The molecule has 9 nitrogen and oxygen atoms in total. The first-order chi connectivity index (χ1) is 13.0. The van der Waals surface area contributed by atoms with Crippen LogP contribution < -0.4 is 10.5 Å². The summed E-state index contributed by atoms with van der Waals surface area (Å²) in [4.78, 5) is 20.3. The van der Waals surface area contributed by atoms with Gasteiger partial charge in [-0.3, -0.25) is 0 Å². The normalized spacial score (nSPS) is 10.6. The summed E-state index contributed by atoms with van der Waals surface area (Å²) in [6.07, 6.45) is 3.91. The Kier molecular flexibility index (Phi) is 5.60. The molecule has 0 saturated carbocycles. The first kappa shape index (κ1) is 18.3. The molecular formula is C18H20N6O3. The number of ether oxygens (including phenoxy) is 2. The zero-order valence-electron chi connectivity index (χ0n) is 15.1. The number of hydrogen-bond donors (Lipinski definition) is 1. The van der Waals surface area contributed by atoms with Gasteiger partial charge in [-0.15, -0.1) is 5.10 Å². The van der Waals surface area contributed by atoms with Crippen molar-refractivity contribution in [2.45, 2.75) is 19.9 Å². The fourth-order valence-corrected chi connectivity index (χ4v) is 2.40. The summed E-state index contributed by atoms with van der Waals surface area (Å²) in [5.74, 6) is 1.33. The first-order valence-electron chi connectivity index (χ1n) is 8.33. The average Bonchev–Trinajstić information content (AvgIpc) is 3.11. The lowest BCUT2D eigenvalue weighted by Gasteiger charge is -2.05. The molecule has 0 unspecified atom stereocenters. The maximum atomic E-state index is 12.0. The third-order valence-corrected chi connectivity index (χ3v) is 3.85. The molecule has 1 aromatic carbocycles. The van der Waals surface area contributed by atoms with Gasteiger partial charge in [0.15, 0.2) is 0 Å². The lowest BCUT2D eigenvalue weighted by atomic mass is 10.2. The molecule has 2 aromatic heterocycles. The summed E-state index contributed by atoms with van der Waals surface area (Å²) >= 11 is 0. The number of anilines is 1. The zero-order valence-corrected chi connectivity index (χ0v) is 15.1. The van der Waals surface area contributed by atoms with Crippen molar-refractivity contribution in [3.8, 4) is 5.75 Å². The second-order valence-corrected chi connectivity index (χ2v) is 5.85. The lowest BCUT2D eigenvalue weighted by Crippen LogP contribution is -2.08. The van der Waals surface area contributed by atoms with E-state index in [2.05, 4.69) is 20.3 Å². The fourth-order valence-electron chi connectivity index (χ4n) is 2.40. The number of nitrogen functional groups attached to an aromatic ring is 1. The smallest absolute Gasteiger partial charge is 0.338 e. The van der Waals surface area contributed by atoms with Gasteiger partial charge in [-0.1, -0.05) is 5.21 Å². The quantitative estimate of drug-likeness (QED) is 0.622. The standard InChI is InChI=1S/C18H20N6O3/c1-12-20-9-14(17(19)21-12)10-24-11-15(22-23-24)7-8-27-18(25)13-3-5-16(26-2)6-4-13/h3-6,9,11H,7-8,10H2,1-2H3,(H2,19,20,21). The average molecular weight is 368 g/mol. The number of esters is 1. The Morgan fingerprint density at radius 2 is 2.04 bits per heavy atom. The summed E-state index contributed by atoms with van der Waals surface area (Å²) in [5, 5.41) is 8.13. The molecule has 140 valence electrons. The van der Waals surface area contributed by atoms with Crippen LogP contribution in [0.4, 0.5) is 5.82 Å². The molecule has 0 radical (unpaired) electrons. The maximum Gasteiger partial charge on any atom is 0.338 e. The van der Waals surface area contributed by atoms with Gasteiger partial charge in [-0.25, -0.2) is 19.4 Å². The van der Waals surface area contributed by atoms with Crippen molar-refractivity contribution in [3.63, 3.8) is 0 Å². The van der Waals surface area contributed by atoms with Crippen LogP contribution in [0.3, 0.4) is 0 Å². The van der Waals surface area contributed by atoms with Gasteiger partial charge in [0, 0.05) is 24.4 Å². The van der Waals surface area contributed by atoms with Crippen LogP contribution in [0, 0.1) is 6.92 Å². The molecule has 0 atom stereocenters. The van der Waals surface area contributed by atoms with Gasteiger partial charge in [-0.05, 0) is 31.2 Å². The van der Waals surface area contributed by atoms with Crippen molar-refractivity contribution in [2.24, 2.45) is 0 Å². The van der Waals surface area contributed by atoms with Crippen LogP contribution in [-0.4, -0.2) is 44.6 Å². The summed E-state index contributed by atoms with van der Waals surface area (Å²) in [6.45, 7) is 2.41. The Labute approximate surface area is 156 Å². The van der Waals surface area contributed by atoms with E-state index < -0.39 is 5.97 Å². The minimum absolute atomic E-state index is 0.208. The second-order valence-electron chi connectivity index (χ2n) is 5.85. The number of aryl methyl sites for hydroxylation is 1. The third kappa shape index (κ3) is 4.78. The highest BCUT2D eigenvalue weighted by atomic mass is 16.5. The largest absolute Gasteiger partial charge is 0.497 e. The summed E-state index contributed by atoms with van der Waals surface area (Å²) < 4.78 is 12.0. The van der Waals surface area contributed by atoms with E-state index in [1.165, 1.54) is 0 Å². The van der Waals surface area contributed by atoms with Gasteiger partial charge in [0.05, 0.1) is 31.5 Å². The van der Waals surface area contributed by atoms with E-state index in [-0.39, 0.29) is 6.61 Å². The number of methoxy groups -OCH3 is 1. The highest BCUT2D eigenvalue weighted by Gasteiger charge is 2.09. The van der Waals surface area contributed by atoms with E-state index >= 15 is 0 Å². The molecule has 3 aromatic rings. The number of carbonyl (C=O) groups excluding carboxylic acids is 1. The molecule has 0 aliphatic heterocycles. The molecule has 0 saturated heterocycles. The highest BCUT2D eigenvalue weighted by Crippen LogP contribution is 2.12. The maximum absolute atomic E-state index is 12.0. The third-order valence-electron chi connectivity index (χ3n) is 3.85. The van der Waals surface area contributed by atoms with Crippen LogP contribution >= 0.6 is 0 Å². The van der Waals surface area contributed by atoms with Crippen molar-refractivity contribution in [3.05, 3.63) is 59.3 Å². The molecule has 2 N–H and O–H groups in total. The highest BCUT2D eigenvalue weighted by molar-refractivity contribution is 5.89. The van der Waals surface area contributed by atoms with E-state index in [1.807, 2.05) is 0 Å². The van der Waals surface area contributed by atoms with Crippen molar-refractivity contribution in [1.82, 2.24) is 25.0 Å². The van der Waals surface area contributed by atoms with Gasteiger partial charge < -0.3 is 15.2 Å². The second kappa shape index (κ2) is 8.26. The molecule has 0 aliphatic carbocycles. The minimum atomic E-state index is -0.394.